The van der Waals surface area contributed by atoms with Crippen LogP contribution in [0.2, 0.25) is 0 Å². The lowest BCUT2D eigenvalue weighted by Crippen LogP contribution is -1.74. The number of fused-ring (bicyclic) bond motifs is 3. The Kier molecular flexibility index (Phi) is 1.02. The molecular formula is C7H4N4S. The van der Waals surface area contributed by atoms with Gasteiger partial charge in [-0.25, -0.2) is 15.0 Å². The molecule has 0 aliphatic heterocycles. The molecule has 0 radical (unpaired) electrons. The molecule has 3 aromatic rings. The number of hydrogen-bond acceptors (Lipinski definition) is 4. The summed E-state index contributed by atoms with van der Waals surface area (Å²) in [7, 11) is 0. The van der Waals surface area contributed by atoms with Crippen LogP contribution >= 0.6 is 11.3 Å². The highest BCUT2D eigenvalue weighted by atomic mass is 32.1. The molecule has 0 fully saturated rings. The summed E-state index contributed by atoms with van der Waals surface area (Å²) >= 11 is 1.60. The van der Waals surface area contributed by atoms with Gasteiger partial charge in [0.1, 0.15) is 22.2 Å². The quantitative estimate of drug-likeness (QED) is 0.565. The molecule has 0 aliphatic carbocycles. The summed E-state index contributed by atoms with van der Waals surface area (Å²) < 4.78 is 1.08. The zero-order valence-electron chi connectivity index (χ0n) is 5.98. The number of nitrogens with one attached hydrogen (secondary N) is 1. The Bertz CT molecular complexity index is 537. The van der Waals surface area contributed by atoms with E-state index in [9.17, 15) is 0 Å². The molecule has 58 valence electrons. The lowest BCUT2D eigenvalue weighted by Gasteiger charge is -1.83. The number of aromatic nitrogens is 4. The average molecular weight is 176 g/mol. The summed E-state index contributed by atoms with van der Waals surface area (Å²) in [5.41, 5.74) is 1.97. The maximum Gasteiger partial charge on any atom is 0.144 e. The van der Waals surface area contributed by atoms with Gasteiger partial charge < -0.3 is 4.98 Å². The van der Waals surface area contributed by atoms with Crippen LogP contribution in [0, 0.1) is 0 Å². The van der Waals surface area contributed by atoms with E-state index in [-0.39, 0.29) is 0 Å². The van der Waals surface area contributed by atoms with Crippen molar-refractivity contribution in [2.75, 3.05) is 0 Å². The molecule has 0 unspecified atom stereocenters. The van der Waals surface area contributed by atoms with Crippen LogP contribution in [-0.2, 0) is 0 Å². The summed E-state index contributed by atoms with van der Waals surface area (Å²) in [5, 5.41) is 0. The number of aromatic amines is 1. The van der Waals surface area contributed by atoms with Gasteiger partial charge in [0.05, 0.1) is 11.0 Å². The molecule has 1 N–H and O–H groups in total. The first-order valence-corrected chi connectivity index (χ1v) is 4.28. The standard InChI is InChI=1S/C7H4N4S/c1-4-5(9-2-8-1)6-7(12-4)11-3-10-6/h1-3H,(H,10,11). The van der Waals surface area contributed by atoms with Crippen LogP contribution in [0.15, 0.2) is 18.9 Å². The fourth-order valence-electron chi connectivity index (χ4n) is 1.21. The minimum atomic E-state index is 0.961. The van der Waals surface area contributed by atoms with Crippen molar-refractivity contribution in [3.8, 4) is 0 Å². The lowest BCUT2D eigenvalue weighted by molar-refractivity contribution is 1.23. The number of hydrogen-bond donors (Lipinski definition) is 1. The first-order valence-electron chi connectivity index (χ1n) is 3.47. The van der Waals surface area contributed by atoms with Gasteiger partial charge >= 0.3 is 0 Å². The van der Waals surface area contributed by atoms with Gasteiger partial charge in [0.15, 0.2) is 0 Å². The molecule has 0 aliphatic rings. The fourth-order valence-corrected chi connectivity index (χ4v) is 2.15. The monoisotopic (exact) mass is 176 g/mol. The molecule has 0 aromatic carbocycles. The third kappa shape index (κ3) is 0.634. The maximum atomic E-state index is 4.17. The van der Waals surface area contributed by atoms with Gasteiger partial charge in [-0.15, -0.1) is 11.3 Å². The van der Waals surface area contributed by atoms with Crippen molar-refractivity contribution in [3.05, 3.63) is 18.9 Å². The number of nitrogens with zero attached hydrogens (tertiary/aromatic N) is 3. The number of H-pyrrole nitrogens is 1. The van der Waals surface area contributed by atoms with E-state index in [4.69, 9.17) is 0 Å². The van der Waals surface area contributed by atoms with E-state index >= 15 is 0 Å². The van der Waals surface area contributed by atoms with E-state index in [2.05, 4.69) is 19.9 Å². The van der Waals surface area contributed by atoms with Crippen molar-refractivity contribution in [3.63, 3.8) is 0 Å². The molecule has 3 heterocycles. The first kappa shape index (κ1) is 6.07. The van der Waals surface area contributed by atoms with Crippen molar-refractivity contribution >= 4 is 31.9 Å². The van der Waals surface area contributed by atoms with Crippen LogP contribution in [0.3, 0.4) is 0 Å². The molecule has 12 heavy (non-hydrogen) atoms. The average Bonchev–Trinajstić information content (AvgIpc) is 2.62. The highest BCUT2D eigenvalue weighted by Crippen LogP contribution is 2.28. The van der Waals surface area contributed by atoms with Crippen LogP contribution in [0.1, 0.15) is 0 Å². The largest absolute Gasteiger partial charge is 0.342 e. The van der Waals surface area contributed by atoms with Crippen LogP contribution in [0.4, 0.5) is 0 Å². The topological polar surface area (TPSA) is 54.5 Å². The summed E-state index contributed by atoms with van der Waals surface area (Å²) in [6.07, 6.45) is 5.04. The van der Waals surface area contributed by atoms with Gasteiger partial charge in [0, 0.05) is 6.20 Å². The van der Waals surface area contributed by atoms with Crippen LogP contribution in [-0.4, -0.2) is 19.9 Å². The number of thiophene rings is 1. The van der Waals surface area contributed by atoms with Crippen molar-refractivity contribution < 1.29 is 0 Å². The van der Waals surface area contributed by atoms with E-state index < -0.39 is 0 Å². The minimum absolute atomic E-state index is 0.961. The molecular weight excluding hydrogens is 172 g/mol. The Morgan fingerprint density at radius 3 is 3.33 bits per heavy atom. The Morgan fingerprint density at radius 1 is 1.33 bits per heavy atom. The van der Waals surface area contributed by atoms with Crippen molar-refractivity contribution in [1.29, 1.82) is 0 Å². The number of imidazole rings is 1. The zero-order valence-corrected chi connectivity index (χ0v) is 6.80. The van der Waals surface area contributed by atoms with Crippen LogP contribution in [0.25, 0.3) is 20.6 Å². The van der Waals surface area contributed by atoms with Crippen molar-refractivity contribution in [2.45, 2.75) is 0 Å². The second-order valence-corrected chi connectivity index (χ2v) is 3.45. The second-order valence-electron chi connectivity index (χ2n) is 2.42. The van der Waals surface area contributed by atoms with Crippen LogP contribution < -0.4 is 0 Å². The summed E-state index contributed by atoms with van der Waals surface area (Å²) in [6, 6.07) is 0. The molecule has 0 saturated heterocycles. The molecule has 3 aromatic heterocycles. The Balaban J connectivity index is 2.68. The molecule has 0 bridgehead atoms. The fraction of sp³-hybridized carbons (Fsp3) is 0. The Hall–Kier alpha value is -1.49. The molecule has 3 rings (SSSR count). The molecule has 0 atom stereocenters. The zero-order chi connectivity index (χ0) is 7.97. The lowest BCUT2D eigenvalue weighted by atomic mass is 10.4. The summed E-state index contributed by atoms with van der Waals surface area (Å²) in [5.74, 6) is 0. The van der Waals surface area contributed by atoms with Gasteiger partial charge in [0.2, 0.25) is 0 Å². The molecule has 0 amide bonds. The minimum Gasteiger partial charge on any atom is -0.342 e. The predicted molar refractivity (Wildman–Crippen MR) is 47.1 cm³/mol. The third-order valence-electron chi connectivity index (χ3n) is 1.73. The normalized spacial score (nSPS) is 11.3. The van der Waals surface area contributed by atoms with Crippen LogP contribution in [0.5, 0.6) is 0 Å². The van der Waals surface area contributed by atoms with Crippen molar-refractivity contribution in [2.24, 2.45) is 0 Å². The smallest absolute Gasteiger partial charge is 0.144 e. The highest BCUT2D eigenvalue weighted by Gasteiger charge is 2.06. The summed E-state index contributed by atoms with van der Waals surface area (Å²) in [4.78, 5) is 16.3. The molecule has 0 saturated carbocycles. The Labute approximate surface area is 71.3 Å². The van der Waals surface area contributed by atoms with Gasteiger partial charge in [0.25, 0.3) is 0 Å². The van der Waals surface area contributed by atoms with E-state index in [0.717, 1.165) is 20.6 Å². The SMILES string of the molecule is c1ncc2sc3nc[nH]c3c2n1. The summed E-state index contributed by atoms with van der Waals surface area (Å²) in [6.45, 7) is 0. The van der Waals surface area contributed by atoms with Gasteiger partial charge in [-0.05, 0) is 0 Å². The number of rotatable bonds is 0. The van der Waals surface area contributed by atoms with E-state index in [1.807, 2.05) is 6.20 Å². The Morgan fingerprint density at radius 2 is 2.33 bits per heavy atom. The van der Waals surface area contributed by atoms with E-state index in [1.54, 1.807) is 24.0 Å². The first-order chi connectivity index (χ1) is 5.95. The van der Waals surface area contributed by atoms with Gasteiger partial charge in [-0.1, -0.05) is 0 Å². The molecule has 4 nitrogen and oxygen atoms in total. The van der Waals surface area contributed by atoms with E-state index in [1.165, 1.54) is 0 Å². The predicted octanol–water partition coefficient (Wildman–Crippen LogP) is 1.57. The van der Waals surface area contributed by atoms with Gasteiger partial charge in [-0.2, -0.15) is 0 Å². The second kappa shape index (κ2) is 2.01. The van der Waals surface area contributed by atoms with Gasteiger partial charge in [-0.3, -0.25) is 0 Å². The maximum absolute atomic E-state index is 4.17. The van der Waals surface area contributed by atoms with Crippen molar-refractivity contribution in [1.82, 2.24) is 19.9 Å². The highest BCUT2D eigenvalue weighted by molar-refractivity contribution is 7.25. The molecule has 5 heteroatoms. The van der Waals surface area contributed by atoms with E-state index in [0.29, 0.717) is 0 Å². The molecule has 0 spiro atoms. The third-order valence-corrected chi connectivity index (χ3v) is 2.75.